The summed E-state index contributed by atoms with van der Waals surface area (Å²) in [6.07, 6.45) is 3.87. The van der Waals surface area contributed by atoms with Crippen LogP contribution in [0.1, 0.15) is 41.9 Å². The highest BCUT2D eigenvalue weighted by Crippen LogP contribution is 2.35. The first-order chi connectivity index (χ1) is 11.7. The van der Waals surface area contributed by atoms with E-state index in [-0.39, 0.29) is 11.8 Å². The Labute approximate surface area is 144 Å². The third kappa shape index (κ3) is 3.51. The number of hydrogen-bond acceptors (Lipinski definition) is 2. The fourth-order valence-corrected chi connectivity index (χ4v) is 3.53. The summed E-state index contributed by atoms with van der Waals surface area (Å²) in [5, 5.41) is 0. The third-order valence-corrected chi connectivity index (χ3v) is 4.80. The molecule has 1 aliphatic rings. The van der Waals surface area contributed by atoms with Crippen molar-refractivity contribution in [2.24, 2.45) is 5.73 Å². The van der Waals surface area contributed by atoms with E-state index in [9.17, 15) is 4.79 Å². The molecule has 3 rings (SSSR count). The molecule has 1 atom stereocenters. The fraction of sp³-hybridized carbons (Fsp3) is 0.381. The Morgan fingerprint density at radius 2 is 1.92 bits per heavy atom. The van der Waals surface area contributed by atoms with Gasteiger partial charge in [0, 0.05) is 12.2 Å². The summed E-state index contributed by atoms with van der Waals surface area (Å²) in [7, 11) is 0. The summed E-state index contributed by atoms with van der Waals surface area (Å²) >= 11 is 0. The van der Waals surface area contributed by atoms with Crippen LogP contribution < -0.4 is 10.6 Å². The number of fused-ring (bicyclic) bond motifs is 1. The van der Waals surface area contributed by atoms with Crippen molar-refractivity contribution in [2.45, 2.75) is 38.5 Å². The maximum atomic E-state index is 13.2. The van der Waals surface area contributed by atoms with Gasteiger partial charge in [-0.05, 0) is 49.9 Å². The van der Waals surface area contributed by atoms with E-state index in [1.165, 1.54) is 11.1 Å². The highest BCUT2D eigenvalue weighted by molar-refractivity contribution is 6.01. The van der Waals surface area contributed by atoms with E-state index >= 15 is 0 Å². The van der Waals surface area contributed by atoms with E-state index < -0.39 is 0 Å². The summed E-state index contributed by atoms with van der Waals surface area (Å²) in [6, 6.07) is 16.7. The Kier molecular flexibility index (Phi) is 5.31. The number of nitrogens with zero attached hydrogens (tertiary/aromatic N) is 1. The number of para-hydroxylation sites is 1. The lowest BCUT2D eigenvalue weighted by Crippen LogP contribution is -2.40. The molecule has 1 aliphatic heterocycles. The number of anilines is 1. The van der Waals surface area contributed by atoms with Crippen LogP contribution in [-0.2, 0) is 11.2 Å². The van der Waals surface area contributed by atoms with Crippen molar-refractivity contribution in [3.05, 3.63) is 65.2 Å². The molecule has 2 N–H and O–H groups in total. The molecule has 126 valence electrons. The first-order valence-electron chi connectivity index (χ1n) is 8.86. The van der Waals surface area contributed by atoms with Crippen LogP contribution in [0.5, 0.6) is 0 Å². The number of carbonyl (C=O) groups excluding carboxylic acids is 1. The Morgan fingerprint density at radius 1 is 1.08 bits per heavy atom. The Morgan fingerprint density at radius 3 is 2.71 bits per heavy atom. The molecule has 2 aromatic carbocycles. The van der Waals surface area contributed by atoms with E-state index in [2.05, 4.69) is 43.3 Å². The highest BCUT2D eigenvalue weighted by Gasteiger charge is 2.33. The predicted octanol–water partition coefficient (Wildman–Crippen LogP) is 3.80. The van der Waals surface area contributed by atoms with E-state index in [4.69, 9.17) is 5.73 Å². The zero-order valence-electron chi connectivity index (χ0n) is 14.4. The van der Waals surface area contributed by atoms with Gasteiger partial charge in [-0.3, -0.25) is 4.79 Å². The van der Waals surface area contributed by atoms with Crippen molar-refractivity contribution in [3.8, 4) is 0 Å². The SMILES string of the molecule is Cc1cccc(C2Cc3ccccc3N(CCCCCN)C2=O)c1. The molecule has 0 saturated heterocycles. The molecule has 2 aromatic rings. The predicted molar refractivity (Wildman–Crippen MR) is 99.3 cm³/mol. The van der Waals surface area contributed by atoms with Gasteiger partial charge in [0.2, 0.25) is 5.91 Å². The minimum Gasteiger partial charge on any atom is -0.330 e. The van der Waals surface area contributed by atoms with Gasteiger partial charge < -0.3 is 10.6 Å². The smallest absolute Gasteiger partial charge is 0.234 e. The van der Waals surface area contributed by atoms with Crippen molar-refractivity contribution in [3.63, 3.8) is 0 Å². The fourth-order valence-electron chi connectivity index (χ4n) is 3.53. The van der Waals surface area contributed by atoms with Crippen LogP contribution in [0.25, 0.3) is 0 Å². The summed E-state index contributed by atoms with van der Waals surface area (Å²) in [5.74, 6) is 0.154. The normalized spacial score (nSPS) is 17.0. The summed E-state index contributed by atoms with van der Waals surface area (Å²) in [6.45, 7) is 3.57. The average molecular weight is 322 g/mol. The molecule has 24 heavy (non-hydrogen) atoms. The zero-order chi connectivity index (χ0) is 16.9. The summed E-state index contributed by atoms with van der Waals surface area (Å²) in [4.78, 5) is 15.2. The first kappa shape index (κ1) is 16.7. The van der Waals surface area contributed by atoms with Crippen molar-refractivity contribution in [2.75, 3.05) is 18.0 Å². The molecule has 1 amide bonds. The molecule has 0 saturated carbocycles. The first-order valence-corrected chi connectivity index (χ1v) is 8.86. The largest absolute Gasteiger partial charge is 0.330 e. The lowest BCUT2D eigenvalue weighted by Gasteiger charge is -2.34. The number of unbranched alkanes of at least 4 members (excludes halogenated alkanes) is 2. The number of hydrogen-bond donors (Lipinski definition) is 1. The van der Waals surface area contributed by atoms with Crippen molar-refractivity contribution >= 4 is 11.6 Å². The van der Waals surface area contributed by atoms with Crippen LogP contribution in [0.2, 0.25) is 0 Å². The Balaban J connectivity index is 1.88. The molecule has 0 bridgehead atoms. The van der Waals surface area contributed by atoms with E-state index in [1.807, 2.05) is 17.0 Å². The average Bonchev–Trinajstić information content (AvgIpc) is 2.60. The van der Waals surface area contributed by atoms with E-state index in [0.717, 1.165) is 50.0 Å². The van der Waals surface area contributed by atoms with Gasteiger partial charge in [-0.15, -0.1) is 0 Å². The van der Waals surface area contributed by atoms with Gasteiger partial charge in [-0.2, -0.15) is 0 Å². The molecule has 3 nitrogen and oxygen atoms in total. The Bertz CT molecular complexity index is 710. The van der Waals surface area contributed by atoms with Crippen molar-refractivity contribution in [1.82, 2.24) is 0 Å². The second kappa shape index (κ2) is 7.63. The van der Waals surface area contributed by atoms with Crippen LogP contribution in [-0.4, -0.2) is 19.0 Å². The monoisotopic (exact) mass is 322 g/mol. The van der Waals surface area contributed by atoms with Crippen LogP contribution in [0.15, 0.2) is 48.5 Å². The number of aryl methyl sites for hydroxylation is 1. The molecule has 1 heterocycles. The van der Waals surface area contributed by atoms with Gasteiger partial charge in [0.15, 0.2) is 0 Å². The maximum absolute atomic E-state index is 13.2. The summed E-state index contributed by atoms with van der Waals surface area (Å²) in [5.41, 5.74) is 10.3. The van der Waals surface area contributed by atoms with Crippen LogP contribution in [0.4, 0.5) is 5.69 Å². The van der Waals surface area contributed by atoms with Gasteiger partial charge in [-0.25, -0.2) is 0 Å². The molecular weight excluding hydrogens is 296 g/mol. The topological polar surface area (TPSA) is 46.3 Å². The van der Waals surface area contributed by atoms with Crippen LogP contribution >= 0.6 is 0 Å². The van der Waals surface area contributed by atoms with Gasteiger partial charge in [0.1, 0.15) is 0 Å². The second-order valence-corrected chi connectivity index (χ2v) is 6.64. The standard InChI is InChI=1S/C21H26N2O/c1-16-8-7-10-17(14-16)19-15-18-9-3-4-11-20(18)23(21(19)24)13-6-2-5-12-22/h3-4,7-11,14,19H,2,5-6,12-13,15,22H2,1H3. The molecule has 0 spiro atoms. The number of nitrogens with two attached hydrogens (primary N) is 1. The maximum Gasteiger partial charge on any atom is 0.234 e. The van der Waals surface area contributed by atoms with Gasteiger partial charge in [-0.1, -0.05) is 54.4 Å². The molecular formula is C21H26N2O. The van der Waals surface area contributed by atoms with Crippen molar-refractivity contribution < 1.29 is 4.79 Å². The Hall–Kier alpha value is -2.13. The molecule has 0 fully saturated rings. The van der Waals surface area contributed by atoms with Gasteiger partial charge >= 0.3 is 0 Å². The highest BCUT2D eigenvalue weighted by atomic mass is 16.2. The van der Waals surface area contributed by atoms with Gasteiger partial charge in [0.25, 0.3) is 0 Å². The molecule has 0 aliphatic carbocycles. The van der Waals surface area contributed by atoms with Crippen LogP contribution in [0, 0.1) is 6.92 Å². The lowest BCUT2D eigenvalue weighted by molar-refractivity contribution is -0.120. The molecule has 0 aromatic heterocycles. The van der Waals surface area contributed by atoms with Crippen LogP contribution in [0.3, 0.4) is 0 Å². The number of benzene rings is 2. The minimum absolute atomic E-state index is 0.0747. The van der Waals surface area contributed by atoms with Gasteiger partial charge in [0.05, 0.1) is 5.92 Å². The number of carbonyl (C=O) groups is 1. The third-order valence-electron chi connectivity index (χ3n) is 4.80. The molecule has 0 radical (unpaired) electrons. The minimum atomic E-state index is -0.0747. The molecule has 1 unspecified atom stereocenters. The summed E-state index contributed by atoms with van der Waals surface area (Å²) < 4.78 is 0. The lowest BCUT2D eigenvalue weighted by atomic mass is 9.85. The number of rotatable bonds is 6. The molecule has 3 heteroatoms. The van der Waals surface area contributed by atoms with E-state index in [0.29, 0.717) is 0 Å². The van der Waals surface area contributed by atoms with Crippen molar-refractivity contribution in [1.29, 1.82) is 0 Å². The quantitative estimate of drug-likeness (QED) is 0.822. The van der Waals surface area contributed by atoms with E-state index in [1.54, 1.807) is 0 Å². The number of amides is 1. The zero-order valence-corrected chi connectivity index (χ0v) is 14.4. The second-order valence-electron chi connectivity index (χ2n) is 6.64.